The standard InChI is InChI=1S/C21H21Cl2N3O2/c1-14-19(20(23)26(25-14)13-16-5-3-4-6-18(16)22)21(27)24-12-11-15-7-9-17(28-2)10-8-15/h3-10H,11-13H2,1-2H3,(H,24,27). The molecule has 0 radical (unpaired) electrons. The lowest BCUT2D eigenvalue weighted by Crippen LogP contribution is -2.26. The number of amides is 1. The molecule has 0 aliphatic heterocycles. The SMILES string of the molecule is COc1ccc(CCNC(=O)c2c(C)nn(Cc3ccccc3Cl)c2Cl)cc1. The minimum atomic E-state index is -0.235. The third-order valence-electron chi connectivity index (χ3n) is 4.43. The maximum absolute atomic E-state index is 12.6. The molecule has 0 atom stereocenters. The molecule has 1 N–H and O–H groups in total. The lowest BCUT2D eigenvalue weighted by molar-refractivity contribution is 0.0953. The number of aryl methyl sites for hydroxylation is 1. The highest BCUT2D eigenvalue weighted by atomic mass is 35.5. The molecule has 0 spiro atoms. The van der Waals surface area contributed by atoms with Crippen molar-refractivity contribution in [1.82, 2.24) is 15.1 Å². The van der Waals surface area contributed by atoms with E-state index in [4.69, 9.17) is 27.9 Å². The Balaban J connectivity index is 1.65. The van der Waals surface area contributed by atoms with E-state index >= 15 is 0 Å². The second kappa shape index (κ2) is 9.13. The van der Waals surface area contributed by atoms with Crippen LogP contribution in [0.25, 0.3) is 0 Å². The summed E-state index contributed by atoms with van der Waals surface area (Å²) in [5, 5.41) is 8.26. The van der Waals surface area contributed by atoms with Crippen LogP contribution in [0.2, 0.25) is 10.2 Å². The molecule has 1 aromatic heterocycles. The van der Waals surface area contributed by atoms with Crippen molar-refractivity contribution in [3.8, 4) is 5.75 Å². The quantitative estimate of drug-likeness (QED) is 0.614. The Kier molecular flexibility index (Phi) is 6.60. The van der Waals surface area contributed by atoms with Gasteiger partial charge in [-0.2, -0.15) is 5.10 Å². The summed E-state index contributed by atoms with van der Waals surface area (Å²) in [5.41, 5.74) is 2.97. The third-order valence-corrected chi connectivity index (χ3v) is 5.18. The number of carbonyl (C=O) groups excluding carboxylic acids is 1. The summed E-state index contributed by atoms with van der Waals surface area (Å²) in [5.74, 6) is 0.572. The summed E-state index contributed by atoms with van der Waals surface area (Å²) in [6.07, 6.45) is 0.708. The summed E-state index contributed by atoms with van der Waals surface area (Å²) < 4.78 is 6.74. The van der Waals surface area contributed by atoms with Crippen molar-refractivity contribution >= 4 is 29.1 Å². The number of benzene rings is 2. The van der Waals surface area contributed by atoms with E-state index in [9.17, 15) is 4.79 Å². The van der Waals surface area contributed by atoms with Gasteiger partial charge in [-0.05, 0) is 42.7 Å². The number of carbonyl (C=O) groups is 1. The zero-order valence-corrected chi connectivity index (χ0v) is 17.2. The van der Waals surface area contributed by atoms with Gasteiger partial charge < -0.3 is 10.1 Å². The predicted octanol–water partition coefficient (Wildman–Crippen LogP) is 4.53. The number of methoxy groups -OCH3 is 1. The van der Waals surface area contributed by atoms with Crippen molar-refractivity contribution in [2.24, 2.45) is 0 Å². The molecule has 0 saturated heterocycles. The fourth-order valence-electron chi connectivity index (χ4n) is 2.90. The van der Waals surface area contributed by atoms with Crippen molar-refractivity contribution in [2.45, 2.75) is 19.9 Å². The van der Waals surface area contributed by atoms with Crippen LogP contribution in [0.4, 0.5) is 0 Å². The van der Waals surface area contributed by atoms with Gasteiger partial charge in [0.15, 0.2) is 0 Å². The van der Waals surface area contributed by atoms with Gasteiger partial charge in [-0.15, -0.1) is 0 Å². The zero-order valence-electron chi connectivity index (χ0n) is 15.7. The molecule has 0 unspecified atom stereocenters. The Morgan fingerprint density at radius 3 is 2.54 bits per heavy atom. The van der Waals surface area contributed by atoms with Gasteiger partial charge in [0.05, 0.1) is 24.9 Å². The molecule has 1 amide bonds. The summed E-state index contributed by atoms with van der Waals surface area (Å²) >= 11 is 12.6. The lowest BCUT2D eigenvalue weighted by Gasteiger charge is -2.07. The van der Waals surface area contributed by atoms with E-state index < -0.39 is 0 Å². The van der Waals surface area contributed by atoms with E-state index in [0.29, 0.717) is 40.9 Å². The van der Waals surface area contributed by atoms with Crippen LogP contribution in [0.3, 0.4) is 0 Å². The van der Waals surface area contributed by atoms with E-state index in [2.05, 4.69) is 10.4 Å². The predicted molar refractivity (Wildman–Crippen MR) is 112 cm³/mol. The molecule has 0 bridgehead atoms. The van der Waals surface area contributed by atoms with Crippen LogP contribution in [0.15, 0.2) is 48.5 Å². The minimum absolute atomic E-state index is 0.235. The number of nitrogens with one attached hydrogen (secondary N) is 1. The van der Waals surface area contributed by atoms with Gasteiger partial charge >= 0.3 is 0 Å². The fourth-order valence-corrected chi connectivity index (χ4v) is 3.42. The summed E-state index contributed by atoms with van der Waals surface area (Å²) in [6, 6.07) is 15.2. The van der Waals surface area contributed by atoms with E-state index in [0.717, 1.165) is 16.9 Å². The number of hydrogen-bond donors (Lipinski definition) is 1. The first kappa shape index (κ1) is 20.2. The largest absolute Gasteiger partial charge is 0.497 e. The monoisotopic (exact) mass is 417 g/mol. The normalized spacial score (nSPS) is 10.7. The second-order valence-corrected chi connectivity index (χ2v) is 7.12. The van der Waals surface area contributed by atoms with Gasteiger partial charge in [0, 0.05) is 11.6 Å². The van der Waals surface area contributed by atoms with Crippen LogP contribution >= 0.6 is 23.2 Å². The number of aromatic nitrogens is 2. The first-order valence-electron chi connectivity index (χ1n) is 8.87. The van der Waals surface area contributed by atoms with Crippen LogP contribution in [-0.4, -0.2) is 29.3 Å². The topological polar surface area (TPSA) is 56.1 Å². The van der Waals surface area contributed by atoms with E-state index in [1.54, 1.807) is 18.7 Å². The smallest absolute Gasteiger partial charge is 0.256 e. The highest BCUT2D eigenvalue weighted by Gasteiger charge is 2.20. The molecule has 146 valence electrons. The van der Waals surface area contributed by atoms with Crippen molar-refractivity contribution < 1.29 is 9.53 Å². The first-order chi connectivity index (χ1) is 13.5. The third kappa shape index (κ3) is 4.66. The van der Waals surface area contributed by atoms with Gasteiger partial charge in [0.25, 0.3) is 5.91 Å². The molecular formula is C21H21Cl2N3O2. The molecule has 0 fully saturated rings. The number of hydrogen-bond acceptors (Lipinski definition) is 3. The van der Waals surface area contributed by atoms with Crippen molar-refractivity contribution in [3.63, 3.8) is 0 Å². The van der Waals surface area contributed by atoms with Gasteiger partial charge in [-0.1, -0.05) is 53.5 Å². The average molecular weight is 418 g/mol. The van der Waals surface area contributed by atoms with Gasteiger partial charge in [-0.3, -0.25) is 4.79 Å². The number of ether oxygens (including phenoxy) is 1. The molecule has 0 aliphatic rings. The minimum Gasteiger partial charge on any atom is -0.497 e. The van der Waals surface area contributed by atoms with Crippen LogP contribution in [0, 0.1) is 6.92 Å². The van der Waals surface area contributed by atoms with Crippen molar-refractivity contribution in [1.29, 1.82) is 0 Å². The van der Waals surface area contributed by atoms with Crippen LogP contribution in [0.1, 0.15) is 27.2 Å². The van der Waals surface area contributed by atoms with Crippen molar-refractivity contribution in [3.05, 3.63) is 81.1 Å². The molecule has 3 rings (SSSR count). The molecule has 7 heteroatoms. The zero-order chi connectivity index (χ0) is 20.1. The average Bonchev–Trinajstić information content (AvgIpc) is 2.97. The fraction of sp³-hybridized carbons (Fsp3) is 0.238. The maximum atomic E-state index is 12.6. The van der Waals surface area contributed by atoms with E-state index in [1.165, 1.54) is 0 Å². The van der Waals surface area contributed by atoms with Crippen LogP contribution < -0.4 is 10.1 Å². The van der Waals surface area contributed by atoms with Gasteiger partial charge in [0.2, 0.25) is 0 Å². The number of halogens is 2. The molecule has 28 heavy (non-hydrogen) atoms. The lowest BCUT2D eigenvalue weighted by atomic mass is 10.1. The Labute approximate surface area is 174 Å². The molecule has 2 aromatic carbocycles. The Morgan fingerprint density at radius 1 is 1.14 bits per heavy atom. The highest BCUT2D eigenvalue weighted by molar-refractivity contribution is 6.33. The highest BCUT2D eigenvalue weighted by Crippen LogP contribution is 2.23. The number of nitrogens with zero attached hydrogens (tertiary/aromatic N) is 2. The molecule has 5 nitrogen and oxygen atoms in total. The Hall–Kier alpha value is -2.50. The summed E-state index contributed by atoms with van der Waals surface area (Å²) in [7, 11) is 1.63. The molecule has 3 aromatic rings. The second-order valence-electron chi connectivity index (χ2n) is 6.35. The van der Waals surface area contributed by atoms with Gasteiger partial charge in [-0.25, -0.2) is 4.68 Å². The van der Waals surface area contributed by atoms with E-state index in [1.807, 2.05) is 48.5 Å². The van der Waals surface area contributed by atoms with Crippen molar-refractivity contribution in [2.75, 3.05) is 13.7 Å². The number of rotatable bonds is 7. The van der Waals surface area contributed by atoms with Crippen LogP contribution in [0.5, 0.6) is 5.75 Å². The Bertz CT molecular complexity index is 968. The maximum Gasteiger partial charge on any atom is 0.256 e. The van der Waals surface area contributed by atoms with Crippen LogP contribution in [-0.2, 0) is 13.0 Å². The summed E-state index contributed by atoms with van der Waals surface area (Å²) in [4.78, 5) is 12.6. The molecular weight excluding hydrogens is 397 g/mol. The molecule has 0 saturated carbocycles. The Morgan fingerprint density at radius 2 is 1.86 bits per heavy atom. The molecule has 1 heterocycles. The van der Waals surface area contributed by atoms with Gasteiger partial charge in [0.1, 0.15) is 10.9 Å². The first-order valence-corrected chi connectivity index (χ1v) is 9.62. The summed E-state index contributed by atoms with van der Waals surface area (Å²) in [6.45, 7) is 2.67. The molecule has 0 aliphatic carbocycles. The van der Waals surface area contributed by atoms with E-state index in [-0.39, 0.29) is 5.91 Å².